The van der Waals surface area contributed by atoms with Gasteiger partial charge in [0, 0.05) is 16.8 Å². The minimum absolute atomic E-state index is 0.0687. The van der Waals surface area contributed by atoms with Crippen LogP contribution in [0.3, 0.4) is 0 Å². The van der Waals surface area contributed by atoms with Gasteiger partial charge in [-0.1, -0.05) is 54.7 Å². The first-order chi connectivity index (χ1) is 15.6. The number of aromatic hydroxyl groups is 1. The number of carboxylic acids is 1. The van der Waals surface area contributed by atoms with Crippen molar-refractivity contribution in [1.82, 2.24) is 0 Å². The number of phenols is 1. The molecule has 33 heavy (non-hydrogen) atoms. The van der Waals surface area contributed by atoms with Crippen LogP contribution in [-0.4, -0.2) is 28.6 Å². The summed E-state index contributed by atoms with van der Waals surface area (Å²) in [5.74, 6) is -0.888. The van der Waals surface area contributed by atoms with E-state index in [1.165, 1.54) is 18.2 Å². The minimum atomic E-state index is -1.19. The fourth-order valence-corrected chi connectivity index (χ4v) is 3.80. The molecule has 0 aliphatic heterocycles. The first-order valence-corrected chi connectivity index (χ1v) is 10.9. The molecule has 0 aliphatic rings. The number of phenolic OH excluding ortho intramolecular Hbond substituents is 1. The Balaban J connectivity index is 1.96. The molecule has 3 aromatic carbocycles. The molecule has 172 valence electrons. The number of anilines is 1. The Morgan fingerprint density at radius 3 is 2.15 bits per heavy atom. The zero-order chi connectivity index (χ0) is 24.3. The van der Waals surface area contributed by atoms with E-state index in [9.17, 15) is 19.8 Å². The van der Waals surface area contributed by atoms with Crippen molar-refractivity contribution in [2.24, 2.45) is 0 Å². The van der Waals surface area contributed by atoms with Crippen LogP contribution in [0.4, 0.5) is 5.69 Å². The second-order valence-electron chi connectivity index (χ2n) is 7.87. The zero-order valence-electron chi connectivity index (χ0n) is 18.3. The second-order valence-corrected chi connectivity index (χ2v) is 8.68. The van der Waals surface area contributed by atoms with Crippen molar-refractivity contribution in [3.05, 3.63) is 81.3 Å². The van der Waals surface area contributed by atoms with Crippen molar-refractivity contribution < 1.29 is 24.5 Å². The summed E-state index contributed by atoms with van der Waals surface area (Å²) in [6, 6.07) is 14.5. The van der Waals surface area contributed by atoms with Gasteiger partial charge in [-0.25, -0.2) is 0 Å². The molecule has 0 heterocycles. The number of rotatable bonds is 7. The van der Waals surface area contributed by atoms with Gasteiger partial charge in [0.25, 0.3) is 5.91 Å². The third kappa shape index (κ3) is 5.78. The van der Waals surface area contributed by atoms with Crippen LogP contribution in [0.2, 0.25) is 10.0 Å². The maximum atomic E-state index is 13.0. The third-order valence-corrected chi connectivity index (χ3v) is 5.53. The largest absolute Gasteiger partial charge is 0.508 e. The number of aryl methyl sites for hydroxylation is 1. The van der Waals surface area contributed by atoms with Crippen LogP contribution in [0.5, 0.6) is 17.2 Å². The predicted molar refractivity (Wildman–Crippen MR) is 129 cm³/mol. The lowest BCUT2D eigenvalue weighted by atomic mass is 10.0. The molecule has 3 rings (SSSR count). The third-order valence-electron chi connectivity index (χ3n) is 4.97. The van der Waals surface area contributed by atoms with E-state index >= 15 is 0 Å². The van der Waals surface area contributed by atoms with Crippen molar-refractivity contribution >= 4 is 40.8 Å². The van der Waals surface area contributed by atoms with Crippen LogP contribution in [-0.2, 0) is 4.79 Å². The lowest BCUT2D eigenvalue weighted by Crippen LogP contribution is -2.35. The first-order valence-electron chi connectivity index (χ1n) is 10.2. The highest BCUT2D eigenvalue weighted by molar-refractivity contribution is 6.37. The summed E-state index contributed by atoms with van der Waals surface area (Å²) in [5, 5.41) is 19.6. The van der Waals surface area contributed by atoms with E-state index in [0.29, 0.717) is 16.9 Å². The van der Waals surface area contributed by atoms with Crippen molar-refractivity contribution in [2.45, 2.75) is 26.7 Å². The fraction of sp³-hybridized carbons (Fsp3) is 0.200. The summed E-state index contributed by atoms with van der Waals surface area (Å²) < 4.78 is 5.87. The molecular weight excluding hydrogens is 465 g/mol. The Hall–Kier alpha value is -3.22. The van der Waals surface area contributed by atoms with E-state index in [1.54, 1.807) is 36.4 Å². The number of carbonyl (C=O) groups excluding carboxylic acids is 1. The molecule has 0 unspecified atom stereocenters. The molecule has 8 heteroatoms. The van der Waals surface area contributed by atoms with Crippen molar-refractivity contribution in [3.63, 3.8) is 0 Å². The van der Waals surface area contributed by atoms with Crippen LogP contribution < -0.4 is 9.64 Å². The molecule has 2 N–H and O–H groups in total. The zero-order valence-corrected chi connectivity index (χ0v) is 19.8. The number of aliphatic carboxylic acids is 1. The lowest BCUT2D eigenvalue weighted by Gasteiger charge is -2.22. The summed E-state index contributed by atoms with van der Waals surface area (Å²) in [6.07, 6.45) is 0. The van der Waals surface area contributed by atoms with E-state index in [-0.39, 0.29) is 33.1 Å². The summed E-state index contributed by atoms with van der Waals surface area (Å²) in [4.78, 5) is 25.6. The molecule has 0 fully saturated rings. The van der Waals surface area contributed by atoms with Gasteiger partial charge in [0.2, 0.25) is 0 Å². The fourth-order valence-electron chi connectivity index (χ4n) is 3.24. The molecule has 0 aliphatic carbocycles. The Labute approximate surface area is 201 Å². The predicted octanol–water partition coefficient (Wildman–Crippen LogP) is 6.65. The summed E-state index contributed by atoms with van der Waals surface area (Å²) in [6.45, 7) is 5.19. The van der Waals surface area contributed by atoms with Gasteiger partial charge >= 0.3 is 5.97 Å². The molecule has 0 spiro atoms. The number of hydrogen-bond acceptors (Lipinski definition) is 4. The average molecular weight is 488 g/mol. The number of amides is 1. The number of benzene rings is 3. The maximum Gasteiger partial charge on any atom is 0.323 e. The van der Waals surface area contributed by atoms with Crippen molar-refractivity contribution in [3.8, 4) is 17.2 Å². The summed E-state index contributed by atoms with van der Waals surface area (Å²) in [5.41, 5.74) is 2.23. The Kier molecular flexibility index (Phi) is 7.51. The average Bonchev–Trinajstić information content (AvgIpc) is 2.75. The van der Waals surface area contributed by atoms with Crippen LogP contribution in [0.25, 0.3) is 0 Å². The van der Waals surface area contributed by atoms with E-state index in [4.69, 9.17) is 27.9 Å². The Bertz CT molecular complexity index is 1170. The van der Waals surface area contributed by atoms with Gasteiger partial charge in [0.15, 0.2) is 5.75 Å². The highest BCUT2D eigenvalue weighted by atomic mass is 35.5. The number of nitrogens with zero attached hydrogens (tertiary/aromatic N) is 1. The van der Waals surface area contributed by atoms with Gasteiger partial charge in [-0.3, -0.25) is 14.5 Å². The lowest BCUT2D eigenvalue weighted by molar-refractivity contribution is -0.135. The number of carbonyl (C=O) groups is 2. The van der Waals surface area contributed by atoms with Crippen LogP contribution in [0.1, 0.15) is 41.3 Å². The second kappa shape index (κ2) is 10.1. The molecular formula is C25H23Cl2NO5. The smallest absolute Gasteiger partial charge is 0.323 e. The first kappa shape index (κ1) is 24.4. The molecule has 0 bridgehead atoms. The standard InChI is InChI=1S/C25H23Cl2NO5/c1-14(2)19-12-18(8-9-22(19)29)33-24-20(26)10-17(11-21(24)27)28(13-23(30)31)25(32)16-6-4-15(3)5-7-16/h4-12,14,29H,13H2,1-3H3,(H,30,31). The molecule has 0 saturated heterocycles. The minimum Gasteiger partial charge on any atom is -0.508 e. The molecule has 3 aromatic rings. The Morgan fingerprint density at radius 2 is 1.61 bits per heavy atom. The molecule has 0 atom stereocenters. The SMILES string of the molecule is Cc1ccc(C(=O)N(CC(=O)O)c2cc(Cl)c(Oc3ccc(O)c(C(C)C)c3)c(Cl)c2)cc1. The summed E-state index contributed by atoms with van der Waals surface area (Å²) >= 11 is 12.9. The number of ether oxygens (including phenoxy) is 1. The topological polar surface area (TPSA) is 87.1 Å². The number of hydrogen-bond donors (Lipinski definition) is 2. The molecule has 1 amide bonds. The monoisotopic (exact) mass is 487 g/mol. The van der Waals surface area contributed by atoms with Gasteiger partial charge < -0.3 is 14.9 Å². The highest BCUT2D eigenvalue weighted by Gasteiger charge is 2.23. The van der Waals surface area contributed by atoms with E-state index in [1.807, 2.05) is 20.8 Å². The number of halogens is 2. The quantitative estimate of drug-likeness (QED) is 0.389. The van der Waals surface area contributed by atoms with Crippen LogP contribution in [0.15, 0.2) is 54.6 Å². The van der Waals surface area contributed by atoms with Crippen molar-refractivity contribution in [1.29, 1.82) is 0 Å². The van der Waals surface area contributed by atoms with Crippen LogP contribution >= 0.6 is 23.2 Å². The van der Waals surface area contributed by atoms with Gasteiger partial charge in [-0.05, 0) is 55.3 Å². The van der Waals surface area contributed by atoms with E-state index in [0.717, 1.165) is 10.5 Å². The van der Waals surface area contributed by atoms with Gasteiger partial charge in [-0.15, -0.1) is 0 Å². The molecule has 0 radical (unpaired) electrons. The van der Waals surface area contributed by atoms with Gasteiger partial charge in [0.05, 0.1) is 10.0 Å². The summed E-state index contributed by atoms with van der Waals surface area (Å²) in [7, 11) is 0. The van der Waals surface area contributed by atoms with Crippen molar-refractivity contribution in [2.75, 3.05) is 11.4 Å². The highest BCUT2D eigenvalue weighted by Crippen LogP contribution is 2.41. The van der Waals surface area contributed by atoms with Gasteiger partial charge in [0.1, 0.15) is 18.0 Å². The maximum absolute atomic E-state index is 13.0. The molecule has 0 saturated carbocycles. The molecule has 0 aromatic heterocycles. The number of carboxylic acid groups (broad SMARTS) is 1. The van der Waals surface area contributed by atoms with Gasteiger partial charge in [-0.2, -0.15) is 0 Å². The van der Waals surface area contributed by atoms with E-state index < -0.39 is 18.4 Å². The normalized spacial score (nSPS) is 10.8. The van der Waals surface area contributed by atoms with E-state index in [2.05, 4.69) is 0 Å². The Morgan fingerprint density at radius 1 is 1.00 bits per heavy atom. The van der Waals surface area contributed by atoms with Crippen LogP contribution in [0, 0.1) is 6.92 Å². The molecule has 6 nitrogen and oxygen atoms in total.